The molecule has 0 aromatic rings. The van der Waals surface area contributed by atoms with E-state index in [9.17, 15) is 9.90 Å². The third-order valence-corrected chi connectivity index (χ3v) is 2.76. The van der Waals surface area contributed by atoms with Crippen LogP contribution in [-0.2, 0) is 23.7 Å². The van der Waals surface area contributed by atoms with E-state index in [1.54, 1.807) is 6.92 Å². The maximum absolute atomic E-state index is 11.6. The molecule has 0 saturated carbocycles. The van der Waals surface area contributed by atoms with Gasteiger partial charge in [-0.2, -0.15) is 0 Å². The SMILES string of the molecule is CCOC(=O)[C@@]1(C)OC[C@H]2OC[C@H](O)[C@H]2O1. The molecule has 0 spiro atoms. The Labute approximate surface area is 93.4 Å². The van der Waals surface area contributed by atoms with Crippen LogP contribution in [0.2, 0.25) is 0 Å². The minimum Gasteiger partial charge on any atom is -0.462 e. The van der Waals surface area contributed by atoms with Gasteiger partial charge in [0.05, 0.1) is 19.8 Å². The molecule has 0 aromatic heterocycles. The van der Waals surface area contributed by atoms with Crippen molar-refractivity contribution in [3.63, 3.8) is 0 Å². The number of fused-ring (bicyclic) bond motifs is 1. The van der Waals surface area contributed by atoms with Crippen molar-refractivity contribution in [1.82, 2.24) is 0 Å². The molecule has 2 heterocycles. The quantitative estimate of drug-likeness (QED) is 0.643. The van der Waals surface area contributed by atoms with Crippen LogP contribution in [0, 0.1) is 0 Å². The molecule has 2 rings (SSSR count). The van der Waals surface area contributed by atoms with Crippen molar-refractivity contribution in [3.8, 4) is 0 Å². The number of aliphatic hydroxyl groups is 1. The first-order valence-electron chi connectivity index (χ1n) is 5.35. The summed E-state index contributed by atoms with van der Waals surface area (Å²) in [5.74, 6) is -2.01. The van der Waals surface area contributed by atoms with E-state index in [1.165, 1.54) is 6.92 Å². The monoisotopic (exact) mass is 232 g/mol. The summed E-state index contributed by atoms with van der Waals surface area (Å²) in [5.41, 5.74) is 0. The van der Waals surface area contributed by atoms with Crippen molar-refractivity contribution >= 4 is 5.97 Å². The molecule has 0 aliphatic carbocycles. The Hall–Kier alpha value is -0.690. The van der Waals surface area contributed by atoms with Crippen LogP contribution in [0.1, 0.15) is 13.8 Å². The zero-order chi connectivity index (χ0) is 11.8. The predicted molar refractivity (Wildman–Crippen MR) is 51.6 cm³/mol. The summed E-state index contributed by atoms with van der Waals surface area (Å²) >= 11 is 0. The molecule has 92 valence electrons. The topological polar surface area (TPSA) is 74.2 Å². The van der Waals surface area contributed by atoms with Crippen molar-refractivity contribution in [2.24, 2.45) is 0 Å². The van der Waals surface area contributed by atoms with E-state index in [1.807, 2.05) is 0 Å². The van der Waals surface area contributed by atoms with Crippen LogP contribution in [0.15, 0.2) is 0 Å². The predicted octanol–water partition coefficient (Wildman–Crippen LogP) is -0.559. The second-order valence-corrected chi connectivity index (χ2v) is 4.00. The molecule has 0 amide bonds. The molecule has 1 N–H and O–H groups in total. The molecule has 6 nitrogen and oxygen atoms in total. The molecule has 16 heavy (non-hydrogen) atoms. The van der Waals surface area contributed by atoms with Crippen molar-refractivity contribution in [1.29, 1.82) is 0 Å². The van der Waals surface area contributed by atoms with Gasteiger partial charge < -0.3 is 24.1 Å². The second-order valence-electron chi connectivity index (χ2n) is 4.00. The van der Waals surface area contributed by atoms with Crippen molar-refractivity contribution in [2.75, 3.05) is 19.8 Å². The average molecular weight is 232 g/mol. The average Bonchev–Trinajstić information content (AvgIpc) is 2.61. The largest absolute Gasteiger partial charge is 0.462 e. The van der Waals surface area contributed by atoms with Crippen LogP contribution >= 0.6 is 0 Å². The molecule has 0 unspecified atom stereocenters. The Balaban J connectivity index is 2.05. The number of hydrogen-bond acceptors (Lipinski definition) is 6. The number of carbonyl (C=O) groups excluding carboxylic acids is 1. The summed E-state index contributed by atoms with van der Waals surface area (Å²) in [4.78, 5) is 11.6. The Morgan fingerprint density at radius 2 is 2.31 bits per heavy atom. The lowest BCUT2D eigenvalue weighted by Gasteiger charge is -2.38. The fourth-order valence-corrected chi connectivity index (χ4v) is 1.86. The Morgan fingerprint density at radius 1 is 1.56 bits per heavy atom. The van der Waals surface area contributed by atoms with Gasteiger partial charge in [-0.25, -0.2) is 4.79 Å². The van der Waals surface area contributed by atoms with E-state index >= 15 is 0 Å². The fourth-order valence-electron chi connectivity index (χ4n) is 1.86. The standard InChI is InChI=1S/C10H16O6/c1-3-13-9(12)10(2)15-5-7-8(16-10)6(11)4-14-7/h6-8,11H,3-5H2,1-2H3/t6-,7+,8+,10-/m0/s1. The second kappa shape index (κ2) is 4.29. The maximum atomic E-state index is 11.6. The molecule has 2 saturated heterocycles. The van der Waals surface area contributed by atoms with E-state index in [4.69, 9.17) is 18.9 Å². The molecular formula is C10H16O6. The number of ether oxygens (including phenoxy) is 4. The third kappa shape index (κ3) is 1.93. The van der Waals surface area contributed by atoms with Crippen LogP contribution in [-0.4, -0.2) is 55.0 Å². The van der Waals surface area contributed by atoms with Crippen LogP contribution in [0.4, 0.5) is 0 Å². The first-order valence-corrected chi connectivity index (χ1v) is 5.35. The minimum atomic E-state index is -1.44. The van der Waals surface area contributed by atoms with Crippen molar-refractivity contribution < 1.29 is 28.8 Å². The van der Waals surface area contributed by atoms with Gasteiger partial charge in [0.2, 0.25) is 0 Å². The molecular weight excluding hydrogens is 216 g/mol. The lowest BCUT2D eigenvalue weighted by Crippen LogP contribution is -2.55. The molecule has 0 radical (unpaired) electrons. The van der Waals surface area contributed by atoms with Crippen molar-refractivity contribution in [3.05, 3.63) is 0 Å². The highest BCUT2D eigenvalue weighted by Crippen LogP contribution is 2.31. The number of rotatable bonds is 2. The first-order chi connectivity index (χ1) is 7.57. The minimum absolute atomic E-state index is 0.206. The molecule has 2 aliphatic heterocycles. The summed E-state index contributed by atoms with van der Waals surface area (Å²) in [6, 6.07) is 0. The molecule has 4 atom stereocenters. The highest BCUT2D eigenvalue weighted by molar-refractivity contribution is 5.77. The van der Waals surface area contributed by atoms with E-state index in [0.717, 1.165) is 0 Å². The fraction of sp³-hybridized carbons (Fsp3) is 0.900. The summed E-state index contributed by atoms with van der Waals surface area (Å²) in [6.07, 6.45) is -1.55. The Bertz CT molecular complexity index is 280. The van der Waals surface area contributed by atoms with E-state index in [2.05, 4.69) is 0 Å². The van der Waals surface area contributed by atoms with E-state index in [-0.39, 0.29) is 25.9 Å². The van der Waals surface area contributed by atoms with Crippen LogP contribution in [0.5, 0.6) is 0 Å². The smallest absolute Gasteiger partial charge is 0.366 e. The van der Waals surface area contributed by atoms with Crippen LogP contribution < -0.4 is 0 Å². The molecule has 0 aromatic carbocycles. The summed E-state index contributed by atoms with van der Waals surface area (Å²) in [7, 11) is 0. The number of carbonyl (C=O) groups is 1. The zero-order valence-electron chi connectivity index (χ0n) is 9.34. The molecule has 2 aliphatic rings. The summed E-state index contributed by atoms with van der Waals surface area (Å²) < 4.78 is 20.9. The van der Waals surface area contributed by atoms with Gasteiger partial charge in [-0.1, -0.05) is 0 Å². The number of hydrogen-bond donors (Lipinski definition) is 1. The third-order valence-electron chi connectivity index (χ3n) is 2.76. The van der Waals surface area contributed by atoms with Gasteiger partial charge in [0.15, 0.2) is 0 Å². The number of aliphatic hydroxyl groups excluding tert-OH is 1. The highest BCUT2D eigenvalue weighted by atomic mass is 16.8. The Morgan fingerprint density at radius 3 is 3.00 bits per heavy atom. The summed E-state index contributed by atoms with van der Waals surface area (Å²) in [6.45, 7) is 3.88. The first kappa shape index (κ1) is 11.8. The lowest BCUT2D eigenvalue weighted by molar-refractivity contribution is -0.303. The summed E-state index contributed by atoms with van der Waals surface area (Å²) in [5, 5.41) is 9.61. The maximum Gasteiger partial charge on any atom is 0.366 e. The van der Waals surface area contributed by atoms with E-state index < -0.39 is 24.0 Å². The van der Waals surface area contributed by atoms with Gasteiger partial charge in [-0.05, 0) is 6.92 Å². The normalized spacial score (nSPS) is 42.8. The van der Waals surface area contributed by atoms with Gasteiger partial charge in [-0.15, -0.1) is 0 Å². The van der Waals surface area contributed by atoms with Gasteiger partial charge in [0.1, 0.15) is 18.3 Å². The zero-order valence-corrected chi connectivity index (χ0v) is 9.34. The molecule has 2 fully saturated rings. The van der Waals surface area contributed by atoms with Crippen LogP contribution in [0.25, 0.3) is 0 Å². The van der Waals surface area contributed by atoms with Gasteiger partial charge >= 0.3 is 5.97 Å². The Kier molecular flexibility index (Phi) is 3.16. The lowest BCUT2D eigenvalue weighted by atomic mass is 10.1. The van der Waals surface area contributed by atoms with Gasteiger partial charge in [0, 0.05) is 6.92 Å². The van der Waals surface area contributed by atoms with Gasteiger partial charge in [-0.3, -0.25) is 0 Å². The molecule has 0 bridgehead atoms. The number of esters is 1. The van der Waals surface area contributed by atoms with Crippen LogP contribution in [0.3, 0.4) is 0 Å². The highest BCUT2D eigenvalue weighted by Gasteiger charge is 2.51. The molecule has 6 heteroatoms. The van der Waals surface area contributed by atoms with Gasteiger partial charge in [0.25, 0.3) is 5.79 Å². The van der Waals surface area contributed by atoms with Crippen molar-refractivity contribution in [2.45, 2.75) is 37.9 Å². The van der Waals surface area contributed by atoms with E-state index in [0.29, 0.717) is 0 Å².